The molecule has 0 atom stereocenters. The minimum Gasteiger partial charge on any atom is -0.497 e. The number of nitrogens with one attached hydrogen (secondary N) is 1. The van der Waals surface area contributed by atoms with Gasteiger partial charge in [-0.3, -0.25) is 9.59 Å². The van der Waals surface area contributed by atoms with E-state index >= 15 is 0 Å². The van der Waals surface area contributed by atoms with Crippen LogP contribution in [0.5, 0.6) is 11.5 Å². The van der Waals surface area contributed by atoms with Crippen molar-refractivity contribution in [2.75, 3.05) is 19.5 Å². The first kappa shape index (κ1) is 19.6. The molecule has 9 heteroatoms. The maximum absolute atomic E-state index is 13.0. The van der Waals surface area contributed by atoms with E-state index in [1.807, 2.05) is 0 Å². The topological polar surface area (TPSA) is 107 Å². The van der Waals surface area contributed by atoms with Crippen LogP contribution in [0.2, 0.25) is 0 Å². The molecule has 0 bridgehead atoms. The van der Waals surface area contributed by atoms with E-state index in [2.05, 4.69) is 27.0 Å². The number of benzene rings is 1. The van der Waals surface area contributed by atoms with Crippen LogP contribution in [0.3, 0.4) is 0 Å². The smallest absolute Gasteiger partial charge is 0.281 e. The summed E-state index contributed by atoms with van der Waals surface area (Å²) in [6.07, 6.45) is 2.06. The molecule has 0 saturated heterocycles. The van der Waals surface area contributed by atoms with Gasteiger partial charge in [-0.1, -0.05) is 6.58 Å². The molecule has 1 aliphatic carbocycles. The number of hydrogen-bond donors (Lipinski definition) is 1. The molecule has 2 amide bonds. The summed E-state index contributed by atoms with van der Waals surface area (Å²) < 4.78 is 11.9. The maximum Gasteiger partial charge on any atom is 0.281 e. The molecule has 1 aliphatic heterocycles. The molecule has 4 rings (SSSR count). The van der Waals surface area contributed by atoms with Crippen molar-refractivity contribution in [2.24, 2.45) is 9.98 Å². The summed E-state index contributed by atoms with van der Waals surface area (Å²) in [6.45, 7) is 5.36. The van der Waals surface area contributed by atoms with Gasteiger partial charge in [0.1, 0.15) is 17.3 Å². The minimum absolute atomic E-state index is 0.0915. The Hall–Kier alpha value is -3.75. The predicted octanol–water partition coefficient (Wildman–Crippen LogP) is 2.79. The molecule has 0 unspecified atom stereocenters. The Morgan fingerprint density at radius 3 is 2.60 bits per heavy atom. The lowest BCUT2D eigenvalue weighted by molar-refractivity contribution is -0.113. The van der Waals surface area contributed by atoms with Gasteiger partial charge in [-0.2, -0.15) is 14.8 Å². The monoisotopic (exact) mass is 407 g/mol. The van der Waals surface area contributed by atoms with Gasteiger partial charge in [0.15, 0.2) is 0 Å². The summed E-state index contributed by atoms with van der Waals surface area (Å²) in [5, 5.41) is 7.37. The molecule has 1 N–H and O–H groups in total. The van der Waals surface area contributed by atoms with E-state index in [4.69, 9.17) is 9.47 Å². The number of rotatable bonds is 5. The highest BCUT2D eigenvalue weighted by molar-refractivity contribution is 6.28. The molecule has 1 fully saturated rings. The van der Waals surface area contributed by atoms with Gasteiger partial charge in [-0.25, -0.2) is 4.99 Å². The van der Waals surface area contributed by atoms with Crippen LogP contribution in [-0.4, -0.2) is 47.5 Å². The third kappa shape index (κ3) is 3.61. The molecule has 1 aromatic carbocycles. The van der Waals surface area contributed by atoms with Crippen LogP contribution in [0.1, 0.15) is 41.7 Å². The van der Waals surface area contributed by atoms with Crippen molar-refractivity contribution in [3.05, 3.63) is 47.7 Å². The zero-order valence-corrected chi connectivity index (χ0v) is 16.9. The van der Waals surface area contributed by atoms with Crippen molar-refractivity contribution >= 4 is 29.3 Å². The number of aliphatic imine (C=N–C) groups is 2. The number of carbonyl (C=O) groups excluding carboxylic acids is 2. The van der Waals surface area contributed by atoms with E-state index in [1.54, 1.807) is 31.2 Å². The first-order chi connectivity index (χ1) is 14.4. The summed E-state index contributed by atoms with van der Waals surface area (Å²) in [5.41, 5.74) is 1.84. The fourth-order valence-corrected chi connectivity index (χ4v) is 3.04. The lowest BCUT2D eigenvalue weighted by atomic mass is 10.1. The Morgan fingerprint density at radius 1 is 1.20 bits per heavy atom. The normalized spacial score (nSPS) is 16.1. The van der Waals surface area contributed by atoms with E-state index < -0.39 is 11.8 Å². The summed E-state index contributed by atoms with van der Waals surface area (Å²) in [7, 11) is 3.02. The van der Waals surface area contributed by atoms with Gasteiger partial charge >= 0.3 is 0 Å². The fraction of sp³-hybridized carbons (Fsp3) is 0.286. The largest absolute Gasteiger partial charge is 0.497 e. The maximum atomic E-state index is 13.0. The van der Waals surface area contributed by atoms with E-state index in [-0.39, 0.29) is 11.5 Å². The van der Waals surface area contributed by atoms with Crippen LogP contribution < -0.4 is 14.8 Å². The molecule has 2 aliphatic rings. The van der Waals surface area contributed by atoms with Crippen LogP contribution in [0.4, 0.5) is 5.82 Å². The highest BCUT2D eigenvalue weighted by Gasteiger charge is 2.30. The lowest BCUT2D eigenvalue weighted by Gasteiger charge is -2.14. The van der Waals surface area contributed by atoms with Gasteiger partial charge < -0.3 is 14.8 Å². The predicted molar refractivity (Wildman–Crippen MR) is 112 cm³/mol. The molecule has 0 radical (unpaired) electrons. The molecule has 9 nitrogen and oxygen atoms in total. The average molecular weight is 407 g/mol. The Morgan fingerprint density at radius 2 is 1.97 bits per heavy atom. The first-order valence-corrected chi connectivity index (χ1v) is 9.42. The molecule has 1 saturated carbocycles. The molecular weight excluding hydrogens is 386 g/mol. The number of hydrogen-bond acceptors (Lipinski definition) is 6. The van der Waals surface area contributed by atoms with Crippen LogP contribution >= 0.6 is 0 Å². The van der Waals surface area contributed by atoms with Crippen molar-refractivity contribution in [2.45, 2.75) is 25.7 Å². The molecule has 1 aromatic heterocycles. The van der Waals surface area contributed by atoms with Gasteiger partial charge in [0, 0.05) is 18.1 Å². The number of carbonyl (C=O) groups is 2. The highest BCUT2D eigenvalue weighted by Crippen LogP contribution is 2.40. The van der Waals surface area contributed by atoms with Crippen molar-refractivity contribution in [3.8, 4) is 11.5 Å². The highest BCUT2D eigenvalue weighted by atomic mass is 16.5. The van der Waals surface area contributed by atoms with E-state index in [0.717, 1.165) is 18.5 Å². The second-order valence-electron chi connectivity index (χ2n) is 7.05. The van der Waals surface area contributed by atoms with Gasteiger partial charge in [0.05, 0.1) is 36.8 Å². The molecule has 154 valence electrons. The lowest BCUT2D eigenvalue weighted by Crippen LogP contribution is -2.25. The summed E-state index contributed by atoms with van der Waals surface area (Å²) in [4.78, 5) is 33.4. The third-order valence-electron chi connectivity index (χ3n) is 4.97. The zero-order valence-electron chi connectivity index (χ0n) is 16.9. The Balaban J connectivity index is 1.70. The first-order valence-electron chi connectivity index (χ1n) is 9.42. The standard InChI is InChI=1S/C21H21N5O4/c1-11-12(2)22-21(24-19(11)27)26-18(10-16(25-26)13-5-6-13)23-20(28)15-8-7-14(29-3)9-17(15)30-4/h7-10,13H,1,5-6H2,2-4H3,(H,23,28). The average Bonchev–Trinajstić information content (AvgIpc) is 3.51. The summed E-state index contributed by atoms with van der Waals surface area (Å²) in [6, 6.07) is 6.70. The van der Waals surface area contributed by atoms with Gasteiger partial charge in [0.25, 0.3) is 17.8 Å². The second-order valence-corrected chi connectivity index (χ2v) is 7.05. The quantitative estimate of drug-likeness (QED) is 0.767. The number of methoxy groups -OCH3 is 2. The summed E-state index contributed by atoms with van der Waals surface area (Å²) in [5.74, 6) is 0.864. The van der Waals surface area contributed by atoms with Crippen LogP contribution in [-0.2, 0) is 4.79 Å². The zero-order chi connectivity index (χ0) is 21.4. The Kier molecular flexibility index (Phi) is 4.94. The number of anilines is 1. The molecule has 0 spiro atoms. The third-order valence-corrected chi connectivity index (χ3v) is 4.97. The van der Waals surface area contributed by atoms with Gasteiger partial charge in [-0.05, 0) is 31.9 Å². The molecule has 2 aromatic rings. The Bertz CT molecular complexity index is 1120. The number of nitrogens with zero attached hydrogens (tertiary/aromatic N) is 4. The van der Waals surface area contributed by atoms with Crippen LogP contribution in [0.25, 0.3) is 0 Å². The number of aromatic nitrogens is 2. The van der Waals surface area contributed by atoms with Crippen molar-refractivity contribution in [1.29, 1.82) is 0 Å². The molecular formula is C21H21N5O4. The van der Waals surface area contributed by atoms with E-state index in [1.165, 1.54) is 18.9 Å². The van der Waals surface area contributed by atoms with E-state index in [0.29, 0.717) is 34.5 Å². The van der Waals surface area contributed by atoms with Crippen molar-refractivity contribution < 1.29 is 19.1 Å². The van der Waals surface area contributed by atoms with Crippen molar-refractivity contribution in [3.63, 3.8) is 0 Å². The molecule has 30 heavy (non-hydrogen) atoms. The number of ether oxygens (including phenoxy) is 2. The fourth-order valence-electron chi connectivity index (χ4n) is 3.04. The summed E-state index contributed by atoms with van der Waals surface area (Å²) >= 11 is 0. The van der Waals surface area contributed by atoms with Gasteiger partial charge in [0.2, 0.25) is 0 Å². The number of amides is 2. The van der Waals surface area contributed by atoms with Crippen LogP contribution in [0, 0.1) is 0 Å². The minimum atomic E-state index is -0.477. The SMILES string of the molecule is C=C1C(=O)N=C(n2nc(C3CC3)cc2NC(=O)c2ccc(OC)cc2OC)N=C1C. The van der Waals surface area contributed by atoms with E-state index in [9.17, 15) is 9.59 Å². The molecule has 2 heterocycles. The second kappa shape index (κ2) is 7.58. The van der Waals surface area contributed by atoms with Crippen LogP contribution in [0.15, 0.2) is 46.4 Å². The Labute approximate surface area is 173 Å². The van der Waals surface area contributed by atoms with Crippen molar-refractivity contribution in [1.82, 2.24) is 9.78 Å². The van der Waals surface area contributed by atoms with Gasteiger partial charge in [-0.15, -0.1) is 0 Å².